The van der Waals surface area contributed by atoms with Crippen molar-refractivity contribution in [3.8, 4) is 0 Å². The highest BCUT2D eigenvalue weighted by Crippen LogP contribution is 2.74. The quantitative estimate of drug-likeness (QED) is 0.397. The Morgan fingerprint density at radius 1 is 0.861 bits per heavy atom. The van der Waals surface area contributed by atoms with Gasteiger partial charge in [0.25, 0.3) is 0 Å². The van der Waals surface area contributed by atoms with E-state index in [9.17, 15) is 14.7 Å². The predicted octanol–water partition coefficient (Wildman–Crippen LogP) is 7.72. The number of carboxylic acids is 1. The molecule has 0 saturated heterocycles. The van der Waals surface area contributed by atoms with Crippen LogP contribution in [0.5, 0.6) is 0 Å². The van der Waals surface area contributed by atoms with Gasteiger partial charge in [0.2, 0.25) is 0 Å². The molecule has 0 spiro atoms. The number of esters is 1. The van der Waals surface area contributed by atoms with E-state index in [0.29, 0.717) is 5.92 Å². The second-order valence-corrected chi connectivity index (χ2v) is 15.2. The van der Waals surface area contributed by atoms with E-state index in [1.165, 1.54) is 12.5 Å². The SMILES string of the molecule is CC(=O)OC1CCC2(C)C3=CC=C4C5CC(C)(C)CCC5(C(=O)O)CCC4(C)C3(C)CCC2C1(C)C. The average molecular weight is 497 g/mol. The van der Waals surface area contributed by atoms with Crippen LogP contribution in [0.3, 0.4) is 0 Å². The standard InChI is InChI=1S/C32H48O4/c1-20(33)36-25-12-13-29(6)23(28(25,4)5)11-14-31(8)24(29)10-9-21-22-19-27(2,3)15-17-32(22,26(34)35)18-16-30(21,31)7/h9-10,22-23,25H,11-19H2,1-8H3,(H,34,35). The fraction of sp³-hybridized carbons (Fsp3) is 0.812. The smallest absolute Gasteiger partial charge is 0.310 e. The molecule has 5 aliphatic rings. The van der Waals surface area contributed by atoms with E-state index < -0.39 is 11.4 Å². The lowest BCUT2D eigenvalue weighted by molar-refractivity contribution is -0.173. The number of carbonyl (C=O) groups excluding carboxylic acids is 1. The molecule has 36 heavy (non-hydrogen) atoms. The van der Waals surface area contributed by atoms with E-state index in [0.717, 1.165) is 57.8 Å². The lowest BCUT2D eigenvalue weighted by atomic mass is 9.36. The van der Waals surface area contributed by atoms with Crippen molar-refractivity contribution in [3.05, 3.63) is 23.3 Å². The summed E-state index contributed by atoms with van der Waals surface area (Å²) in [5.41, 5.74) is 2.56. The van der Waals surface area contributed by atoms with E-state index >= 15 is 0 Å². The molecule has 5 aliphatic carbocycles. The maximum absolute atomic E-state index is 12.8. The zero-order valence-corrected chi connectivity index (χ0v) is 23.9. The topological polar surface area (TPSA) is 63.6 Å². The number of allylic oxidation sites excluding steroid dienone is 4. The van der Waals surface area contributed by atoms with Gasteiger partial charge in [-0.3, -0.25) is 9.59 Å². The maximum atomic E-state index is 12.8. The first-order valence-electron chi connectivity index (χ1n) is 14.4. The van der Waals surface area contributed by atoms with E-state index in [1.807, 2.05) is 0 Å². The average Bonchev–Trinajstić information content (AvgIpc) is 2.75. The monoisotopic (exact) mass is 496 g/mol. The Labute approximate surface area is 218 Å². The summed E-state index contributed by atoms with van der Waals surface area (Å²) in [6.07, 6.45) is 13.5. The molecule has 0 aromatic rings. The van der Waals surface area contributed by atoms with Crippen molar-refractivity contribution in [1.29, 1.82) is 0 Å². The van der Waals surface area contributed by atoms with Gasteiger partial charge in [0.15, 0.2) is 0 Å². The van der Waals surface area contributed by atoms with Gasteiger partial charge in [-0.2, -0.15) is 0 Å². The summed E-state index contributed by atoms with van der Waals surface area (Å²) >= 11 is 0. The molecule has 0 heterocycles. The van der Waals surface area contributed by atoms with Gasteiger partial charge < -0.3 is 9.84 Å². The molecule has 4 heteroatoms. The van der Waals surface area contributed by atoms with Gasteiger partial charge in [-0.1, -0.05) is 71.8 Å². The fourth-order valence-electron chi connectivity index (χ4n) is 10.3. The Morgan fingerprint density at radius 3 is 2.17 bits per heavy atom. The fourth-order valence-corrected chi connectivity index (χ4v) is 10.3. The van der Waals surface area contributed by atoms with Crippen LogP contribution < -0.4 is 0 Å². The van der Waals surface area contributed by atoms with E-state index in [1.54, 1.807) is 5.57 Å². The van der Waals surface area contributed by atoms with Gasteiger partial charge in [-0.25, -0.2) is 0 Å². The largest absolute Gasteiger partial charge is 0.481 e. The molecule has 1 N–H and O–H groups in total. The first kappa shape index (κ1) is 26.0. The van der Waals surface area contributed by atoms with Crippen molar-refractivity contribution < 1.29 is 19.4 Å². The Balaban J connectivity index is 1.60. The van der Waals surface area contributed by atoms with Crippen LogP contribution in [0.1, 0.15) is 113 Å². The summed E-state index contributed by atoms with van der Waals surface area (Å²) in [5.74, 6) is -0.175. The van der Waals surface area contributed by atoms with Crippen LogP contribution in [-0.4, -0.2) is 23.1 Å². The number of carbonyl (C=O) groups is 2. The predicted molar refractivity (Wildman–Crippen MR) is 142 cm³/mol. The Bertz CT molecular complexity index is 1050. The molecule has 0 amide bonds. The number of hydrogen-bond donors (Lipinski definition) is 1. The first-order valence-corrected chi connectivity index (χ1v) is 14.4. The number of hydrogen-bond acceptors (Lipinski definition) is 3. The van der Waals surface area contributed by atoms with Crippen molar-refractivity contribution in [2.24, 2.45) is 44.3 Å². The Hall–Kier alpha value is -1.58. The molecule has 0 aliphatic heterocycles. The first-order chi connectivity index (χ1) is 16.5. The van der Waals surface area contributed by atoms with E-state index in [4.69, 9.17) is 4.74 Å². The molecule has 0 aromatic carbocycles. The number of ether oxygens (including phenoxy) is 1. The number of rotatable bonds is 2. The minimum atomic E-state index is -0.603. The van der Waals surface area contributed by atoms with Crippen LogP contribution >= 0.6 is 0 Å². The molecule has 0 aromatic heterocycles. The van der Waals surface area contributed by atoms with Crippen LogP contribution in [0.15, 0.2) is 23.3 Å². The van der Waals surface area contributed by atoms with Crippen LogP contribution in [-0.2, 0) is 14.3 Å². The molecule has 200 valence electrons. The third-order valence-corrected chi connectivity index (χ3v) is 12.7. The van der Waals surface area contributed by atoms with Crippen LogP contribution in [0, 0.1) is 44.3 Å². The number of aliphatic carboxylic acids is 1. The van der Waals surface area contributed by atoms with Gasteiger partial charge >= 0.3 is 11.9 Å². The molecule has 4 nitrogen and oxygen atoms in total. The van der Waals surface area contributed by atoms with E-state index in [-0.39, 0.29) is 45.1 Å². The maximum Gasteiger partial charge on any atom is 0.310 e. The van der Waals surface area contributed by atoms with Gasteiger partial charge in [0.1, 0.15) is 6.10 Å². The molecule has 7 unspecified atom stereocenters. The Kier molecular flexibility index (Phi) is 5.59. The molecule has 7 atom stereocenters. The van der Waals surface area contributed by atoms with Crippen molar-refractivity contribution >= 4 is 11.9 Å². The second-order valence-electron chi connectivity index (χ2n) is 15.2. The summed E-state index contributed by atoms with van der Waals surface area (Å²) in [6, 6.07) is 0. The van der Waals surface area contributed by atoms with Crippen LogP contribution in [0.25, 0.3) is 0 Å². The van der Waals surface area contributed by atoms with Crippen LogP contribution in [0.2, 0.25) is 0 Å². The van der Waals surface area contributed by atoms with Gasteiger partial charge in [0, 0.05) is 12.3 Å². The normalized spacial score (nSPS) is 46.6. The summed E-state index contributed by atoms with van der Waals surface area (Å²) in [6.45, 7) is 18.3. The second kappa shape index (κ2) is 7.73. The van der Waals surface area contributed by atoms with Gasteiger partial charge in [-0.05, 0) is 91.3 Å². The molecule has 0 radical (unpaired) electrons. The molecule has 5 rings (SSSR count). The Morgan fingerprint density at radius 2 is 1.53 bits per heavy atom. The number of fused-ring (bicyclic) bond motifs is 7. The van der Waals surface area contributed by atoms with Crippen molar-refractivity contribution in [2.75, 3.05) is 0 Å². The zero-order chi connectivity index (χ0) is 26.5. The van der Waals surface area contributed by atoms with Crippen molar-refractivity contribution in [2.45, 2.75) is 119 Å². The van der Waals surface area contributed by atoms with Crippen LogP contribution in [0.4, 0.5) is 0 Å². The van der Waals surface area contributed by atoms with E-state index in [2.05, 4.69) is 60.6 Å². The minimum absolute atomic E-state index is 0.0149. The molecule has 4 fully saturated rings. The summed E-state index contributed by atoms with van der Waals surface area (Å²) in [7, 11) is 0. The minimum Gasteiger partial charge on any atom is -0.481 e. The molecule has 0 bridgehead atoms. The lowest BCUT2D eigenvalue weighted by Gasteiger charge is -2.68. The van der Waals surface area contributed by atoms with Gasteiger partial charge in [-0.15, -0.1) is 0 Å². The zero-order valence-electron chi connectivity index (χ0n) is 23.9. The number of carboxylic acid groups (broad SMARTS) is 1. The summed E-state index contributed by atoms with van der Waals surface area (Å²) in [4.78, 5) is 24.7. The third kappa shape index (κ3) is 3.24. The molecular weight excluding hydrogens is 448 g/mol. The molecule has 4 saturated carbocycles. The van der Waals surface area contributed by atoms with Crippen molar-refractivity contribution in [1.82, 2.24) is 0 Å². The van der Waals surface area contributed by atoms with Crippen molar-refractivity contribution in [3.63, 3.8) is 0 Å². The highest BCUT2D eigenvalue weighted by molar-refractivity contribution is 5.77. The van der Waals surface area contributed by atoms with Gasteiger partial charge in [0.05, 0.1) is 5.41 Å². The molecular formula is C32H48O4. The summed E-state index contributed by atoms with van der Waals surface area (Å²) in [5, 5.41) is 10.5. The third-order valence-electron chi connectivity index (χ3n) is 12.7. The summed E-state index contributed by atoms with van der Waals surface area (Å²) < 4.78 is 5.85. The highest BCUT2D eigenvalue weighted by Gasteiger charge is 2.67. The lowest BCUT2D eigenvalue weighted by Crippen LogP contribution is -2.62. The highest BCUT2D eigenvalue weighted by atomic mass is 16.5.